The number of ether oxygens (including phenoxy) is 1. The lowest BCUT2D eigenvalue weighted by molar-refractivity contribution is -0.102. The predicted octanol–water partition coefficient (Wildman–Crippen LogP) is 5.06. The topological polar surface area (TPSA) is 71.5 Å². The first kappa shape index (κ1) is 21.5. The van der Waals surface area contributed by atoms with Gasteiger partial charge in [0.25, 0.3) is 0 Å². The second kappa shape index (κ2) is 7.88. The summed E-state index contributed by atoms with van der Waals surface area (Å²) >= 11 is 4.68. The van der Waals surface area contributed by atoms with Crippen molar-refractivity contribution in [2.75, 3.05) is 5.32 Å². The van der Waals surface area contributed by atoms with Gasteiger partial charge in [0.15, 0.2) is 0 Å². The van der Waals surface area contributed by atoms with E-state index in [1.165, 1.54) is 0 Å². The first-order valence-corrected chi connectivity index (χ1v) is 7.21. The average molecular weight is 353 g/mol. The number of aromatic nitrogens is 1. The lowest BCUT2D eigenvalue weighted by atomic mass is 10.1. The quantitative estimate of drug-likeness (QED) is 0.730. The Balaban J connectivity index is 0.000000468. The smallest absolute Gasteiger partial charge is 0.409 e. The summed E-state index contributed by atoms with van der Waals surface area (Å²) in [5.74, 6) is 0. The van der Waals surface area contributed by atoms with Crippen LogP contribution in [-0.2, 0) is 10.1 Å². The van der Waals surface area contributed by atoms with E-state index in [2.05, 4.69) is 58.1 Å². The van der Waals surface area contributed by atoms with Crippen molar-refractivity contribution < 1.29 is 23.4 Å². The van der Waals surface area contributed by atoms with Crippen molar-refractivity contribution in [2.45, 2.75) is 58.1 Å². The first-order chi connectivity index (χ1) is 10.1. The molecule has 1 aromatic rings. The number of nitrogens with one attached hydrogen (secondary N) is 1. The molecule has 0 aliphatic carbocycles. The lowest BCUT2D eigenvalue weighted by Crippen LogP contribution is -2.31. The van der Waals surface area contributed by atoms with E-state index >= 15 is 0 Å². The van der Waals surface area contributed by atoms with Gasteiger partial charge in [-0.15, -0.1) is 0 Å². The van der Waals surface area contributed by atoms with Gasteiger partial charge in [0, 0.05) is 0 Å². The molecule has 0 fully saturated rings. The van der Waals surface area contributed by atoms with Gasteiger partial charge in [-0.1, -0.05) is 0 Å². The molecule has 2 N–H and O–H groups in total. The van der Waals surface area contributed by atoms with Gasteiger partial charge in [-0.25, -0.2) is 4.79 Å². The fourth-order valence-corrected chi connectivity index (χ4v) is 1.79. The zero-order valence-corrected chi connectivity index (χ0v) is 14.8. The maximum absolute atomic E-state index is 12.4. The largest absolute Gasteiger partial charge is 0.465 e. The van der Waals surface area contributed by atoms with Crippen molar-refractivity contribution in [1.29, 1.82) is 0 Å². The van der Waals surface area contributed by atoms with Crippen LogP contribution in [0.1, 0.15) is 47.2 Å². The summed E-state index contributed by atoms with van der Waals surface area (Å²) in [5.41, 5.74) is -0.562. The summed E-state index contributed by atoms with van der Waals surface area (Å²) in [5, 5.41) is 6.69. The summed E-state index contributed by atoms with van der Waals surface area (Å²) < 4.78 is 30.5. The molecule has 0 bridgehead atoms. The van der Waals surface area contributed by atoms with Crippen molar-refractivity contribution in [3.8, 4) is 0 Å². The molecular formula is C15H23ClF2N2O3. The summed E-state index contributed by atoms with van der Waals surface area (Å²) in [7, 11) is 0. The third-order valence-corrected chi connectivity index (χ3v) is 2.11. The summed E-state index contributed by atoms with van der Waals surface area (Å²) in [6.45, 7) is 12.4. The highest BCUT2D eigenvalue weighted by Crippen LogP contribution is 2.30. The minimum atomic E-state index is -3.54. The Morgan fingerprint density at radius 1 is 1.17 bits per heavy atom. The molecule has 1 heterocycles. The van der Waals surface area contributed by atoms with Crippen LogP contribution in [0.4, 0.5) is 19.3 Å². The monoisotopic (exact) mass is 352 g/mol. The molecule has 5 nitrogen and oxygen atoms in total. The minimum absolute atomic E-state index is 0.0156. The van der Waals surface area contributed by atoms with Gasteiger partial charge < -0.3 is 9.84 Å². The molecule has 1 aromatic heterocycles. The fraction of sp³-hybridized carbons (Fsp3) is 0.600. The van der Waals surface area contributed by atoms with E-state index in [0.29, 0.717) is 0 Å². The van der Waals surface area contributed by atoms with Crippen molar-refractivity contribution in [3.63, 3.8) is 0 Å². The molecule has 0 spiro atoms. The summed E-state index contributed by atoms with van der Waals surface area (Å²) in [6.07, 6.45) is -0.336. The Hall–Kier alpha value is -1.47. The molecule has 132 valence electrons. The second-order valence-corrected chi connectivity index (χ2v) is 7.16. The van der Waals surface area contributed by atoms with Crippen LogP contribution in [0.25, 0.3) is 0 Å². The number of hydrogen-bond donors (Lipinski definition) is 2. The van der Waals surface area contributed by atoms with E-state index in [-0.39, 0.29) is 16.9 Å². The number of hydrogen-bond acceptors (Lipinski definition) is 3. The van der Waals surface area contributed by atoms with Crippen LogP contribution >= 0.6 is 11.6 Å². The van der Waals surface area contributed by atoms with E-state index in [9.17, 15) is 13.6 Å². The number of amides is 1. The number of halogens is 3. The van der Waals surface area contributed by atoms with Crippen molar-refractivity contribution in [2.24, 2.45) is 0 Å². The molecule has 1 rings (SSSR count). The molecule has 23 heavy (non-hydrogen) atoms. The van der Waals surface area contributed by atoms with Crippen LogP contribution < -0.4 is 5.32 Å². The highest BCUT2D eigenvalue weighted by molar-refractivity contribution is 6.21. The minimum Gasteiger partial charge on any atom is -0.465 e. The standard InChI is InChI=1S/C8H18O.C7H5ClF2N2O2/c1-7(2,3)9-8(4,5)6;8-7(9,10)5-2-1-4(3-11-5)12-6(13)14/h1-6H3;1-3,12H,(H,13,14). The molecule has 0 radical (unpaired) electrons. The van der Waals surface area contributed by atoms with Gasteiger partial charge in [-0.3, -0.25) is 10.3 Å². The Bertz CT molecular complexity index is 491. The number of rotatable bonds is 2. The second-order valence-electron chi connectivity index (χ2n) is 6.69. The van der Waals surface area contributed by atoms with Gasteiger partial charge in [-0.05, 0) is 65.3 Å². The van der Waals surface area contributed by atoms with E-state index in [1.807, 2.05) is 5.32 Å². The predicted molar refractivity (Wildman–Crippen MR) is 86.2 cm³/mol. The number of nitrogens with zero attached hydrogens (tertiary/aromatic N) is 1. The van der Waals surface area contributed by atoms with E-state index < -0.39 is 17.2 Å². The number of anilines is 1. The Labute approximate surface area is 140 Å². The molecule has 1 amide bonds. The van der Waals surface area contributed by atoms with Crippen LogP contribution in [0, 0.1) is 0 Å². The summed E-state index contributed by atoms with van der Waals surface area (Å²) in [6, 6.07) is 2.09. The van der Waals surface area contributed by atoms with Gasteiger partial charge >= 0.3 is 11.5 Å². The molecule has 0 saturated heterocycles. The van der Waals surface area contributed by atoms with Crippen molar-refractivity contribution in [3.05, 3.63) is 24.0 Å². The third-order valence-electron chi connectivity index (χ3n) is 1.92. The Morgan fingerprint density at radius 3 is 1.87 bits per heavy atom. The fourth-order valence-electron chi connectivity index (χ4n) is 1.68. The van der Waals surface area contributed by atoms with E-state index in [0.717, 1.165) is 18.3 Å². The first-order valence-electron chi connectivity index (χ1n) is 6.83. The highest BCUT2D eigenvalue weighted by Gasteiger charge is 2.29. The molecule has 0 aromatic carbocycles. The molecule has 0 saturated carbocycles. The van der Waals surface area contributed by atoms with Gasteiger partial charge in [0.05, 0.1) is 23.1 Å². The van der Waals surface area contributed by atoms with Crippen molar-refractivity contribution >= 4 is 23.4 Å². The van der Waals surface area contributed by atoms with Crippen LogP contribution in [0.5, 0.6) is 0 Å². The Morgan fingerprint density at radius 2 is 1.65 bits per heavy atom. The molecule has 0 aliphatic heterocycles. The molecular weight excluding hydrogens is 330 g/mol. The average Bonchev–Trinajstić information content (AvgIpc) is 2.23. The molecule has 8 heteroatoms. The molecule has 0 unspecified atom stereocenters. The van der Waals surface area contributed by atoms with E-state index in [1.54, 1.807) is 0 Å². The van der Waals surface area contributed by atoms with Crippen LogP contribution in [-0.4, -0.2) is 27.4 Å². The normalized spacial score (nSPS) is 12.2. The Kier molecular flexibility index (Phi) is 7.37. The zero-order valence-electron chi connectivity index (χ0n) is 14.1. The molecule has 0 atom stereocenters. The third kappa shape index (κ3) is 11.7. The summed E-state index contributed by atoms with van der Waals surface area (Å²) in [4.78, 5) is 13.4. The van der Waals surface area contributed by atoms with Gasteiger partial charge in [0.1, 0.15) is 5.69 Å². The van der Waals surface area contributed by atoms with Crippen molar-refractivity contribution in [1.82, 2.24) is 4.98 Å². The number of pyridine rings is 1. The zero-order chi connectivity index (χ0) is 18.5. The van der Waals surface area contributed by atoms with E-state index in [4.69, 9.17) is 9.84 Å². The van der Waals surface area contributed by atoms with Crippen LogP contribution in [0.2, 0.25) is 0 Å². The maximum Gasteiger partial charge on any atom is 0.409 e. The number of carbonyl (C=O) groups is 1. The highest BCUT2D eigenvalue weighted by atomic mass is 35.5. The maximum atomic E-state index is 12.4. The number of carboxylic acid groups (broad SMARTS) is 1. The van der Waals surface area contributed by atoms with Gasteiger partial charge in [0.2, 0.25) is 0 Å². The van der Waals surface area contributed by atoms with Crippen LogP contribution in [0.3, 0.4) is 0 Å². The molecule has 0 aliphatic rings. The number of alkyl halides is 3. The van der Waals surface area contributed by atoms with Gasteiger partial charge in [-0.2, -0.15) is 8.78 Å². The van der Waals surface area contributed by atoms with Crippen LogP contribution in [0.15, 0.2) is 18.3 Å². The SMILES string of the molecule is CC(C)(C)OC(C)(C)C.O=C(O)Nc1ccc(C(F)(F)Cl)nc1. The lowest BCUT2D eigenvalue weighted by Gasteiger charge is -2.30.